The van der Waals surface area contributed by atoms with Crippen molar-refractivity contribution in [1.29, 1.82) is 0 Å². The second-order valence-electron chi connectivity index (χ2n) is 19.5. The van der Waals surface area contributed by atoms with Crippen molar-refractivity contribution in [2.24, 2.45) is 5.73 Å². The summed E-state index contributed by atoms with van der Waals surface area (Å²) < 4.78 is 41.3. The number of carboxylic acid groups (broad SMARTS) is 1. The minimum Gasteiger partial charge on any atom is -0.481 e. The maximum absolute atomic E-state index is 14.4. The summed E-state index contributed by atoms with van der Waals surface area (Å²) in [7, 11) is -4.82. The number of aliphatic carboxylic acids is 1. The van der Waals surface area contributed by atoms with Crippen molar-refractivity contribution >= 4 is 74.6 Å². The van der Waals surface area contributed by atoms with E-state index in [0.29, 0.717) is 42.4 Å². The van der Waals surface area contributed by atoms with Gasteiger partial charge in [-0.15, -0.1) is 0 Å². The fraction of sp³-hybridized carbons (Fsp3) is 0.426. The Hall–Kier alpha value is -8.12. The van der Waals surface area contributed by atoms with Gasteiger partial charge in [-0.3, -0.25) is 42.9 Å². The summed E-state index contributed by atoms with van der Waals surface area (Å²) in [5.41, 5.74) is 6.28. The first-order valence-corrected chi connectivity index (χ1v) is 26.8. The standard InChI is InChI=1S/C54H70N8O15S/c1-6-8-19-39(58-51(70)43(62-53(72)76-54(3,4)5)29-34-22-25-38(26-23-34)77-78(73,74)75)48(67)56-32-45(63)57-42(30-35-21-24-36-17-13-14-18-37(36)27-35)50(69)59-40(20-9-7-2)49(68)61-44(31-46(64)65)52(71)60-41(47(55)66)28-33-15-11-10-12-16-33/h10-18,21-27,39-44H,6-9,19-20,28-32H2,1-5H3,(H2,55,66)(H,56,67)(H,57,63)(H,58,70)(H,59,69)(H,60,71)(H,61,68)(H,62,72)(H,64,65)(H,73,74,75)/t39-,40-,41-,42-,43-,44-/m0/s1. The third-order valence-electron chi connectivity index (χ3n) is 11.8. The Balaban J connectivity index is 1.54. The van der Waals surface area contributed by atoms with Gasteiger partial charge in [-0.05, 0) is 73.2 Å². The lowest BCUT2D eigenvalue weighted by molar-refractivity contribution is -0.141. The molecule has 4 rings (SSSR count). The predicted octanol–water partition coefficient (Wildman–Crippen LogP) is 2.82. The molecule has 0 aliphatic heterocycles. The van der Waals surface area contributed by atoms with Gasteiger partial charge in [-0.25, -0.2) is 4.79 Å². The first-order valence-electron chi connectivity index (χ1n) is 25.4. The molecule has 0 radical (unpaired) electrons. The van der Waals surface area contributed by atoms with Gasteiger partial charge in [0.05, 0.1) is 13.0 Å². The maximum atomic E-state index is 14.4. The van der Waals surface area contributed by atoms with Crippen LogP contribution in [0.5, 0.6) is 5.75 Å². The van der Waals surface area contributed by atoms with Crippen LogP contribution in [0.3, 0.4) is 0 Å². The fourth-order valence-electron chi connectivity index (χ4n) is 7.94. The predicted molar refractivity (Wildman–Crippen MR) is 286 cm³/mol. The minimum atomic E-state index is -4.82. The third-order valence-corrected chi connectivity index (χ3v) is 12.2. The largest absolute Gasteiger partial charge is 0.481 e. The molecular weight excluding hydrogens is 1030 g/mol. The summed E-state index contributed by atoms with van der Waals surface area (Å²) in [5, 5.41) is 29.3. The molecule has 0 heterocycles. The van der Waals surface area contributed by atoms with E-state index in [1.54, 1.807) is 57.2 Å². The fourth-order valence-corrected chi connectivity index (χ4v) is 8.30. The summed E-state index contributed by atoms with van der Waals surface area (Å²) in [5.74, 6) is -7.82. The molecule has 78 heavy (non-hydrogen) atoms. The number of fused-ring (bicyclic) bond motifs is 1. The van der Waals surface area contributed by atoms with E-state index in [2.05, 4.69) is 41.4 Å². The molecule has 0 aliphatic rings. The third kappa shape index (κ3) is 22.2. The molecule has 6 atom stereocenters. The van der Waals surface area contributed by atoms with Gasteiger partial charge in [0.1, 0.15) is 47.6 Å². The van der Waals surface area contributed by atoms with E-state index < -0.39 is 119 Å². The Labute approximate surface area is 452 Å². The van der Waals surface area contributed by atoms with Crippen LogP contribution in [0.4, 0.5) is 4.79 Å². The summed E-state index contributed by atoms with van der Waals surface area (Å²) >= 11 is 0. The van der Waals surface area contributed by atoms with E-state index in [1.165, 1.54) is 24.3 Å². The Bertz CT molecular complexity index is 2850. The number of benzene rings is 4. The summed E-state index contributed by atoms with van der Waals surface area (Å²) in [6, 6.07) is 18.3. The molecule has 23 nitrogen and oxygen atoms in total. The van der Waals surface area contributed by atoms with Crippen molar-refractivity contribution < 1.29 is 70.1 Å². The Morgan fingerprint density at radius 1 is 0.564 bits per heavy atom. The highest BCUT2D eigenvalue weighted by Crippen LogP contribution is 2.19. The normalized spacial score (nSPS) is 13.7. The van der Waals surface area contributed by atoms with Crippen LogP contribution in [0.25, 0.3) is 10.8 Å². The van der Waals surface area contributed by atoms with Crippen LogP contribution in [0, 0.1) is 0 Å². The van der Waals surface area contributed by atoms with Crippen molar-refractivity contribution in [2.75, 3.05) is 6.54 Å². The number of primary amides is 1. The molecule has 4 aromatic rings. The molecule has 0 spiro atoms. The van der Waals surface area contributed by atoms with Gasteiger partial charge >= 0.3 is 22.5 Å². The quantitative estimate of drug-likeness (QED) is 0.0336. The number of nitrogens with one attached hydrogen (secondary N) is 7. The van der Waals surface area contributed by atoms with Crippen LogP contribution in [-0.4, -0.2) is 120 Å². The van der Waals surface area contributed by atoms with Crippen molar-refractivity contribution in [2.45, 2.75) is 141 Å². The van der Waals surface area contributed by atoms with Crippen molar-refractivity contribution in [3.63, 3.8) is 0 Å². The van der Waals surface area contributed by atoms with Crippen molar-refractivity contribution in [3.05, 3.63) is 114 Å². The van der Waals surface area contributed by atoms with Gasteiger partial charge in [0, 0.05) is 19.3 Å². The second kappa shape index (κ2) is 30.0. The van der Waals surface area contributed by atoms with Gasteiger partial charge in [0.2, 0.25) is 41.4 Å². The van der Waals surface area contributed by atoms with Crippen LogP contribution in [0.2, 0.25) is 0 Å². The summed E-state index contributed by atoms with van der Waals surface area (Å²) in [6.07, 6.45) is -0.0737. The van der Waals surface area contributed by atoms with E-state index in [-0.39, 0.29) is 37.9 Å². The van der Waals surface area contributed by atoms with E-state index in [4.69, 9.17) is 15.0 Å². The second-order valence-corrected chi connectivity index (χ2v) is 20.5. The van der Waals surface area contributed by atoms with Gasteiger partial charge in [0.15, 0.2) is 0 Å². The molecule has 24 heteroatoms. The van der Waals surface area contributed by atoms with Crippen LogP contribution < -0.4 is 47.1 Å². The monoisotopic (exact) mass is 1100 g/mol. The molecule has 0 fully saturated rings. The number of rotatable bonds is 30. The number of amides is 8. The van der Waals surface area contributed by atoms with E-state index in [1.807, 2.05) is 50.2 Å². The number of ether oxygens (including phenoxy) is 1. The molecule has 0 saturated carbocycles. The minimum absolute atomic E-state index is 0.0219. The smallest absolute Gasteiger partial charge is 0.446 e. The molecule has 0 aliphatic carbocycles. The van der Waals surface area contributed by atoms with Gasteiger partial charge in [-0.1, -0.05) is 124 Å². The average molecular weight is 1100 g/mol. The number of carbonyl (C=O) groups is 9. The maximum Gasteiger partial charge on any atom is 0.446 e. The molecule has 4 aromatic carbocycles. The summed E-state index contributed by atoms with van der Waals surface area (Å²) in [6.45, 7) is 7.83. The number of nitrogens with two attached hydrogens (primary N) is 1. The molecule has 11 N–H and O–H groups in total. The van der Waals surface area contributed by atoms with Gasteiger partial charge in [0.25, 0.3) is 0 Å². The Kier molecular flexibility index (Phi) is 24.0. The van der Waals surface area contributed by atoms with Crippen molar-refractivity contribution in [3.8, 4) is 5.75 Å². The molecule has 0 unspecified atom stereocenters. The highest BCUT2D eigenvalue weighted by molar-refractivity contribution is 7.81. The topological polar surface area (TPSA) is 357 Å². The van der Waals surface area contributed by atoms with Crippen molar-refractivity contribution in [1.82, 2.24) is 37.2 Å². The number of alkyl carbamates (subject to hydrolysis) is 1. The van der Waals surface area contributed by atoms with E-state index in [9.17, 15) is 56.7 Å². The van der Waals surface area contributed by atoms with Crippen LogP contribution in [-0.2, 0) is 72.8 Å². The number of hydrogen-bond acceptors (Lipinski definition) is 13. The first kappa shape index (κ1) is 62.4. The number of carbonyl (C=O) groups excluding carboxylic acids is 8. The highest BCUT2D eigenvalue weighted by atomic mass is 32.3. The SMILES string of the molecule is CCCC[C@H](NC(=O)[C@H](Cc1ccc(OS(=O)(=O)O)cc1)NC(=O)OC(C)(C)C)C(=O)NCC(=O)N[C@@H](Cc1ccc2ccccc2c1)C(=O)N[C@@H](CCCC)C(=O)N[C@@H](CC(=O)O)C(=O)N[C@@H](Cc1ccccc1)C(N)=O. The number of hydrogen-bond donors (Lipinski definition) is 10. The lowest BCUT2D eigenvalue weighted by Gasteiger charge is -2.26. The first-order chi connectivity index (χ1) is 36.8. The molecule has 422 valence electrons. The summed E-state index contributed by atoms with van der Waals surface area (Å²) in [4.78, 5) is 121. The zero-order chi connectivity index (χ0) is 57.6. The van der Waals surface area contributed by atoms with Gasteiger partial charge < -0.3 is 57.0 Å². The van der Waals surface area contributed by atoms with Crippen LogP contribution in [0.15, 0.2) is 97.1 Å². The van der Waals surface area contributed by atoms with Crippen LogP contribution in [0.1, 0.15) is 96.3 Å². The molecule has 0 saturated heterocycles. The van der Waals surface area contributed by atoms with E-state index in [0.717, 1.165) is 10.8 Å². The zero-order valence-corrected chi connectivity index (χ0v) is 45.0. The van der Waals surface area contributed by atoms with E-state index >= 15 is 0 Å². The lowest BCUT2D eigenvalue weighted by atomic mass is 10.00. The number of carboxylic acids is 1. The molecule has 0 aromatic heterocycles. The Morgan fingerprint density at radius 2 is 1.04 bits per heavy atom. The lowest BCUT2D eigenvalue weighted by Crippen LogP contribution is -2.59. The number of unbranched alkanes of at least 4 members (excludes halogenated alkanes) is 2. The molecule has 8 amide bonds. The van der Waals surface area contributed by atoms with Gasteiger partial charge in [-0.2, -0.15) is 8.42 Å². The molecular formula is C54H70N8O15S. The Morgan fingerprint density at radius 3 is 1.60 bits per heavy atom. The highest BCUT2D eigenvalue weighted by Gasteiger charge is 2.34. The average Bonchev–Trinajstić information content (AvgIpc) is 3.37. The zero-order valence-electron chi connectivity index (χ0n) is 44.2. The molecule has 0 bridgehead atoms. The van der Waals surface area contributed by atoms with Crippen LogP contribution >= 0.6 is 0 Å².